The minimum atomic E-state index is 0.607. The minimum Gasteiger partial charge on any atom is -0.477 e. The Bertz CT molecular complexity index is 520. The molecule has 1 saturated heterocycles. The molecule has 6 heteroatoms. The molecule has 1 aliphatic rings. The molecule has 1 aromatic heterocycles. The van der Waals surface area contributed by atoms with Gasteiger partial charge in [0.2, 0.25) is 5.88 Å². The first-order valence-corrected chi connectivity index (χ1v) is 9.03. The van der Waals surface area contributed by atoms with Crippen molar-refractivity contribution in [1.82, 2.24) is 20.5 Å². The lowest BCUT2D eigenvalue weighted by Gasteiger charge is -2.24. The predicted molar refractivity (Wildman–Crippen MR) is 98.5 cm³/mol. The number of hydrogen-bond donors (Lipinski definition) is 2. The van der Waals surface area contributed by atoms with Gasteiger partial charge in [0.25, 0.3) is 0 Å². The number of guanidine groups is 1. The number of ether oxygens (including phenoxy) is 1. The van der Waals surface area contributed by atoms with E-state index in [1.807, 2.05) is 12.1 Å². The fraction of sp³-hybridized carbons (Fsp3) is 0.667. The van der Waals surface area contributed by atoms with Crippen molar-refractivity contribution >= 4 is 5.96 Å². The average molecular weight is 333 g/mol. The van der Waals surface area contributed by atoms with E-state index in [0.717, 1.165) is 31.0 Å². The van der Waals surface area contributed by atoms with Gasteiger partial charge in [-0.05, 0) is 38.4 Å². The summed E-state index contributed by atoms with van der Waals surface area (Å²) in [6.45, 7) is 8.91. The molecule has 1 atom stereocenters. The zero-order valence-electron chi connectivity index (χ0n) is 15.2. The smallest absolute Gasteiger partial charge is 0.218 e. The summed E-state index contributed by atoms with van der Waals surface area (Å²) < 4.78 is 5.70. The number of nitrogens with one attached hydrogen (secondary N) is 2. The lowest BCUT2D eigenvalue weighted by Crippen LogP contribution is -2.44. The van der Waals surface area contributed by atoms with Crippen molar-refractivity contribution in [3.8, 4) is 5.88 Å². The van der Waals surface area contributed by atoms with Gasteiger partial charge in [0.1, 0.15) is 0 Å². The van der Waals surface area contributed by atoms with Gasteiger partial charge in [0.15, 0.2) is 5.96 Å². The molecular formula is C18H31N5O. The van der Waals surface area contributed by atoms with Crippen LogP contribution in [0.3, 0.4) is 0 Å². The van der Waals surface area contributed by atoms with E-state index in [-0.39, 0.29) is 0 Å². The van der Waals surface area contributed by atoms with Crippen LogP contribution in [0.2, 0.25) is 0 Å². The maximum absolute atomic E-state index is 5.70. The second kappa shape index (κ2) is 10.1. The number of aromatic nitrogens is 1. The van der Waals surface area contributed by atoms with E-state index in [4.69, 9.17) is 4.74 Å². The molecule has 1 aliphatic heterocycles. The van der Waals surface area contributed by atoms with Gasteiger partial charge in [-0.1, -0.05) is 19.9 Å². The zero-order chi connectivity index (χ0) is 17.2. The Kier molecular flexibility index (Phi) is 7.82. The number of pyridine rings is 1. The Morgan fingerprint density at radius 1 is 1.42 bits per heavy atom. The first-order chi connectivity index (χ1) is 11.8. The SMILES string of the molecule is CCCOc1ncccc1CNC(=NC)NCC1CCCN1CC. The summed E-state index contributed by atoms with van der Waals surface area (Å²) in [7, 11) is 1.80. The summed E-state index contributed by atoms with van der Waals surface area (Å²) in [6, 6.07) is 4.58. The van der Waals surface area contributed by atoms with Crippen LogP contribution in [0.5, 0.6) is 5.88 Å². The van der Waals surface area contributed by atoms with Gasteiger partial charge in [-0.25, -0.2) is 4.98 Å². The Hall–Kier alpha value is -1.82. The van der Waals surface area contributed by atoms with Crippen molar-refractivity contribution in [2.75, 3.05) is 33.3 Å². The molecule has 2 heterocycles. The molecule has 1 unspecified atom stereocenters. The first kappa shape index (κ1) is 18.5. The molecule has 0 saturated carbocycles. The summed E-state index contributed by atoms with van der Waals surface area (Å²) in [4.78, 5) is 11.2. The fourth-order valence-corrected chi connectivity index (χ4v) is 3.04. The van der Waals surface area contributed by atoms with Gasteiger partial charge in [-0.3, -0.25) is 9.89 Å². The molecule has 1 aromatic rings. The first-order valence-electron chi connectivity index (χ1n) is 9.03. The molecule has 0 aromatic carbocycles. The van der Waals surface area contributed by atoms with E-state index in [1.54, 1.807) is 13.2 Å². The monoisotopic (exact) mass is 333 g/mol. The van der Waals surface area contributed by atoms with E-state index >= 15 is 0 Å². The summed E-state index contributed by atoms with van der Waals surface area (Å²) in [5, 5.41) is 6.80. The van der Waals surface area contributed by atoms with Crippen LogP contribution in [0.25, 0.3) is 0 Å². The Morgan fingerprint density at radius 3 is 3.04 bits per heavy atom. The normalized spacial score (nSPS) is 18.6. The summed E-state index contributed by atoms with van der Waals surface area (Å²) in [5.41, 5.74) is 1.05. The molecule has 1 fully saturated rings. The number of nitrogens with zero attached hydrogens (tertiary/aromatic N) is 3. The lowest BCUT2D eigenvalue weighted by molar-refractivity contribution is 0.267. The van der Waals surface area contributed by atoms with Crippen LogP contribution in [0.4, 0.5) is 0 Å². The van der Waals surface area contributed by atoms with Crippen LogP contribution < -0.4 is 15.4 Å². The van der Waals surface area contributed by atoms with Crippen LogP contribution in [0.15, 0.2) is 23.3 Å². The van der Waals surface area contributed by atoms with E-state index in [0.29, 0.717) is 25.1 Å². The standard InChI is InChI=1S/C18H31N5O/c1-4-12-24-17-15(8-6-10-20-17)13-21-18(19-3)22-14-16-9-7-11-23(16)5-2/h6,8,10,16H,4-5,7,9,11-14H2,1-3H3,(H2,19,21,22). The number of likely N-dealkylation sites (tertiary alicyclic amines) is 1. The highest BCUT2D eigenvalue weighted by atomic mass is 16.5. The van der Waals surface area contributed by atoms with Crippen LogP contribution in [0, 0.1) is 0 Å². The Morgan fingerprint density at radius 2 is 2.29 bits per heavy atom. The maximum atomic E-state index is 5.70. The highest BCUT2D eigenvalue weighted by Crippen LogP contribution is 2.16. The van der Waals surface area contributed by atoms with Crippen molar-refractivity contribution in [3.63, 3.8) is 0 Å². The van der Waals surface area contributed by atoms with Gasteiger partial charge in [-0.2, -0.15) is 0 Å². The molecular weight excluding hydrogens is 302 g/mol. The lowest BCUT2D eigenvalue weighted by atomic mass is 10.2. The van der Waals surface area contributed by atoms with Gasteiger partial charge >= 0.3 is 0 Å². The summed E-state index contributed by atoms with van der Waals surface area (Å²) in [5.74, 6) is 1.53. The van der Waals surface area contributed by atoms with E-state index in [2.05, 4.69) is 39.4 Å². The summed E-state index contributed by atoms with van der Waals surface area (Å²) in [6.07, 6.45) is 5.29. The van der Waals surface area contributed by atoms with Crippen molar-refractivity contribution in [2.45, 2.75) is 45.7 Å². The maximum Gasteiger partial charge on any atom is 0.218 e. The molecule has 0 spiro atoms. The van der Waals surface area contributed by atoms with Crippen LogP contribution in [0.1, 0.15) is 38.7 Å². The molecule has 0 bridgehead atoms. The largest absolute Gasteiger partial charge is 0.477 e. The van der Waals surface area contributed by atoms with Crippen molar-refractivity contribution in [1.29, 1.82) is 0 Å². The molecule has 0 aliphatic carbocycles. The van der Waals surface area contributed by atoms with Crippen LogP contribution >= 0.6 is 0 Å². The van der Waals surface area contributed by atoms with Crippen LogP contribution in [-0.4, -0.2) is 55.2 Å². The minimum absolute atomic E-state index is 0.607. The molecule has 6 nitrogen and oxygen atoms in total. The van der Waals surface area contributed by atoms with Gasteiger partial charge in [-0.15, -0.1) is 0 Å². The third-order valence-electron chi connectivity index (χ3n) is 4.37. The van der Waals surface area contributed by atoms with Gasteiger partial charge in [0, 0.05) is 37.9 Å². The topological polar surface area (TPSA) is 61.8 Å². The van der Waals surface area contributed by atoms with E-state index in [1.165, 1.54) is 19.4 Å². The number of hydrogen-bond acceptors (Lipinski definition) is 4. The third-order valence-corrected chi connectivity index (χ3v) is 4.37. The molecule has 2 rings (SSSR count). The molecule has 0 amide bonds. The fourth-order valence-electron chi connectivity index (χ4n) is 3.04. The van der Waals surface area contributed by atoms with Crippen molar-refractivity contribution in [3.05, 3.63) is 23.9 Å². The number of rotatable bonds is 8. The zero-order valence-corrected chi connectivity index (χ0v) is 15.2. The predicted octanol–water partition coefficient (Wildman–Crippen LogP) is 2.02. The third kappa shape index (κ3) is 5.37. The quantitative estimate of drug-likeness (QED) is 0.563. The molecule has 134 valence electrons. The van der Waals surface area contributed by atoms with Gasteiger partial charge < -0.3 is 15.4 Å². The van der Waals surface area contributed by atoms with E-state index in [9.17, 15) is 0 Å². The number of aliphatic imine (C=N–C) groups is 1. The summed E-state index contributed by atoms with van der Waals surface area (Å²) >= 11 is 0. The molecule has 2 N–H and O–H groups in total. The number of likely N-dealkylation sites (N-methyl/N-ethyl adjacent to an activating group) is 1. The average Bonchev–Trinajstić information content (AvgIpc) is 3.08. The molecule has 0 radical (unpaired) electrons. The second-order valence-electron chi connectivity index (χ2n) is 6.05. The Balaban J connectivity index is 1.83. The van der Waals surface area contributed by atoms with Gasteiger partial charge in [0.05, 0.1) is 6.61 Å². The molecule has 24 heavy (non-hydrogen) atoms. The highest BCUT2D eigenvalue weighted by molar-refractivity contribution is 5.79. The van der Waals surface area contributed by atoms with Crippen molar-refractivity contribution in [2.24, 2.45) is 4.99 Å². The van der Waals surface area contributed by atoms with Crippen LogP contribution in [-0.2, 0) is 6.54 Å². The second-order valence-corrected chi connectivity index (χ2v) is 6.05. The highest BCUT2D eigenvalue weighted by Gasteiger charge is 2.22. The Labute approximate surface area is 145 Å². The van der Waals surface area contributed by atoms with E-state index < -0.39 is 0 Å². The van der Waals surface area contributed by atoms with Crippen molar-refractivity contribution < 1.29 is 4.74 Å².